The highest BCUT2D eigenvalue weighted by molar-refractivity contribution is 6.77. The van der Waals surface area contributed by atoms with Gasteiger partial charge in [-0.3, -0.25) is 0 Å². The second-order valence-corrected chi connectivity index (χ2v) is 23.0. The molecule has 1 nitrogen and oxygen atoms in total. The van der Waals surface area contributed by atoms with Crippen molar-refractivity contribution in [1.29, 1.82) is 0 Å². The van der Waals surface area contributed by atoms with Crippen LogP contribution in [0.15, 0.2) is 0 Å². The van der Waals surface area contributed by atoms with Gasteiger partial charge in [-0.05, 0) is 25.3 Å². The van der Waals surface area contributed by atoms with E-state index in [-0.39, 0.29) is 0 Å². The third kappa shape index (κ3) is 24.5. The van der Waals surface area contributed by atoms with Crippen LogP contribution in [0.5, 0.6) is 0 Å². The van der Waals surface area contributed by atoms with E-state index in [0.717, 1.165) is 0 Å². The van der Waals surface area contributed by atoms with E-state index in [2.05, 4.69) is 51.1 Å². The minimum Gasteiger partial charge on any atom is -0.309 e. The zero-order valence-electron chi connectivity index (χ0n) is 21.9. The summed E-state index contributed by atoms with van der Waals surface area (Å²) in [5.74, 6) is 0. The largest absolute Gasteiger partial charge is 0.309 e. The second-order valence-electron chi connectivity index (χ2n) is 12.1. The lowest BCUT2D eigenvalue weighted by Gasteiger charge is -2.33. The van der Waals surface area contributed by atoms with E-state index >= 15 is 0 Å². The van der Waals surface area contributed by atoms with Gasteiger partial charge in [-0.25, -0.2) is 0 Å². The van der Waals surface area contributed by atoms with Crippen molar-refractivity contribution in [3.63, 3.8) is 0 Å². The van der Waals surface area contributed by atoms with Gasteiger partial charge in [-0.1, -0.05) is 143 Å². The van der Waals surface area contributed by atoms with Crippen molar-refractivity contribution in [3.05, 3.63) is 0 Å². The lowest BCUT2D eigenvalue weighted by atomic mass is 10.0. The van der Waals surface area contributed by atoms with Gasteiger partial charge in [0.05, 0.1) is 16.1 Å². The zero-order valence-corrected chi connectivity index (χ0v) is 23.9. The summed E-state index contributed by atoms with van der Waals surface area (Å²) < 4.78 is 0. The van der Waals surface area contributed by atoms with E-state index in [4.69, 9.17) is 0 Å². The van der Waals surface area contributed by atoms with Crippen LogP contribution in [-0.4, -0.2) is 39.9 Å². The summed E-state index contributed by atoms with van der Waals surface area (Å²) in [4.78, 5) is 2.84. The van der Waals surface area contributed by atoms with Crippen LogP contribution in [0, 0.1) is 0 Å². The molecule has 0 amide bonds. The van der Waals surface area contributed by atoms with Gasteiger partial charge in [0, 0.05) is 0 Å². The fourth-order valence-electron chi connectivity index (χ4n) is 4.44. The Morgan fingerprint density at radius 2 is 0.690 bits per heavy atom. The Hall–Kier alpha value is 0.394. The normalized spacial score (nSPS) is 12.8. The molecule has 0 radical (unpaired) electrons. The molecule has 0 bridgehead atoms. The summed E-state index contributed by atoms with van der Waals surface area (Å²) >= 11 is 0. The molecule has 0 fully saturated rings. The lowest BCUT2D eigenvalue weighted by Crippen LogP contribution is -2.47. The Kier molecular flexibility index (Phi) is 18.3. The van der Waals surface area contributed by atoms with Gasteiger partial charge in [-0.15, -0.1) is 0 Å². The van der Waals surface area contributed by atoms with Crippen molar-refractivity contribution >= 4 is 16.1 Å². The third-order valence-electron chi connectivity index (χ3n) is 5.72. The SMILES string of the molecule is CCCCCCCCCCCCCCCCCCN(C[Si](C)(C)C)C[Si](C)(C)C. The van der Waals surface area contributed by atoms with Gasteiger partial charge in [0.1, 0.15) is 0 Å². The average molecular weight is 442 g/mol. The van der Waals surface area contributed by atoms with Gasteiger partial charge in [0.15, 0.2) is 0 Å². The summed E-state index contributed by atoms with van der Waals surface area (Å²) in [5, 5.41) is 0. The van der Waals surface area contributed by atoms with Gasteiger partial charge < -0.3 is 4.90 Å². The summed E-state index contributed by atoms with van der Waals surface area (Å²) in [5.41, 5.74) is 0. The Labute approximate surface area is 188 Å². The highest BCUT2D eigenvalue weighted by Crippen LogP contribution is 2.15. The molecule has 3 heteroatoms. The van der Waals surface area contributed by atoms with Gasteiger partial charge in [0.2, 0.25) is 0 Å². The predicted octanol–water partition coefficient (Wildman–Crippen LogP) is 9.30. The summed E-state index contributed by atoms with van der Waals surface area (Å²) in [6.07, 6.45) is 26.2. The Bertz CT molecular complexity index is 328. The standard InChI is InChI=1S/C26H59NSi2/c1-8-9-10-11-12-13-14-15-16-17-18-19-20-21-22-23-24-27(25-28(2,3)4)26-29(5,6)7/h8-26H2,1-7H3. The molecule has 0 aliphatic heterocycles. The fraction of sp³-hybridized carbons (Fsp3) is 1.00. The van der Waals surface area contributed by atoms with Crippen molar-refractivity contribution in [1.82, 2.24) is 4.90 Å². The van der Waals surface area contributed by atoms with Crippen molar-refractivity contribution in [2.75, 3.05) is 18.9 Å². The van der Waals surface area contributed by atoms with Crippen LogP contribution < -0.4 is 0 Å². The van der Waals surface area contributed by atoms with E-state index in [1.807, 2.05) is 0 Å². The Morgan fingerprint density at radius 3 is 0.966 bits per heavy atom. The van der Waals surface area contributed by atoms with Crippen molar-refractivity contribution < 1.29 is 0 Å². The molecule has 0 saturated carbocycles. The second kappa shape index (κ2) is 18.0. The van der Waals surface area contributed by atoms with E-state index in [0.29, 0.717) is 0 Å². The number of rotatable bonds is 21. The van der Waals surface area contributed by atoms with Gasteiger partial charge >= 0.3 is 0 Å². The van der Waals surface area contributed by atoms with E-state index in [9.17, 15) is 0 Å². The summed E-state index contributed by atoms with van der Waals surface area (Å²) in [6.45, 7) is 18.8. The fourth-order valence-corrected chi connectivity index (χ4v) is 7.89. The van der Waals surface area contributed by atoms with Crippen LogP contribution in [0.2, 0.25) is 39.3 Å². The molecule has 0 aromatic rings. The average Bonchev–Trinajstić information content (AvgIpc) is 2.58. The molecular weight excluding hydrogens is 382 g/mol. The maximum Gasteiger partial charge on any atom is 0.0599 e. The van der Waals surface area contributed by atoms with Gasteiger partial charge in [-0.2, -0.15) is 0 Å². The highest BCUT2D eigenvalue weighted by Gasteiger charge is 2.23. The highest BCUT2D eigenvalue weighted by atomic mass is 28.3. The Morgan fingerprint density at radius 1 is 0.414 bits per heavy atom. The molecule has 0 aromatic carbocycles. The van der Waals surface area contributed by atoms with E-state index in [1.165, 1.54) is 122 Å². The number of hydrogen-bond acceptors (Lipinski definition) is 1. The molecule has 0 heterocycles. The molecule has 0 aliphatic carbocycles. The predicted molar refractivity (Wildman–Crippen MR) is 143 cm³/mol. The first-order chi connectivity index (χ1) is 13.6. The van der Waals surface area contributed by atoms with Crippen molar-refractivity contribution in [3.8, 4) is 0 Å². The molecule has 0 N–H and O–H groups in total. The third-order valence-corrected chi connectivity index (χ3v) is 8.52. The molecule has 29 heavy (non-hydrogen) atoms. The molecular formula is C26H59NSi2. The first kappa shape index (κ1) is 29.4. The molecule has 0 unspecified atom stereocenters. The quantitative estimate of drug-likeness (QED) is 0.127. The molecule has 0 aliphatic rings. The summed E-state index contributed by atoms with van der Waals surface area (Å²) in [6, 6.07) is 0. The zero-order chi connectivity index (χ0) is 22.0. The summed E-state index contributed by atoms with van der Waals surface area (Å²) in [7, 11) is -1.97. The van der Waals surface area contributed by atoms with Crippen LogP contribution in [-0.2, 0) is 0 Å². The first-order valence-electron chi connectivity index (χ1n) is 13.4. The number of nitrogens with zero attached hydrogens (tertiary/aromatic N) is 1. The molecule has 0 saturated heterocycles. The van der Waals surface area contributed by atoms with Crippen LogP contribution >= 0.6 is 0 Å². The van der Waals surface area contributed by atoms with Crippen LogP contribution in [0.3, 0.4) is 0 Å². The maximum absolute atomic E-state index is 2.84. The monoisotopic (exact) mass is 441 g/mol. The lowest BCUT2D eigenvalue weighted by molar-refractivity contribution is 0.343. The van der Waals surface area contributed by atoms with Crippen LogP contribution in [0.1, 0.15) is 110 Å². The molecule has 0 spiro atoms. The topological polar surface area (TPSA) is 3.24 Å². The van der Waals surface area contributed by atoms with Crippen LogP contribution in [0.25, 0.3) is 0 Å². The molecule has 0 aromatic heterocycles. The smallest absolute Gasteiger partial charge is 0.0599 e. The minimum absolute atomic E-state index is 0.983. The van der Waals surface area contributed by atoms with E-state index in [1.54, 1.807) is 0 Å². The molecule has 0 atom stereocenters. The molecule has 176 valence electrons. The number of unbranched alkanes of at least 4 members (excludes halogenated alkanes) is 15. The number of hydrogen-bond donors (Lipinski definition) is 0. The van der Waals surface area contributed by atoms with Crippen molar-refractivity contribution in [2.24, 2.45) is 0 Å². The minimum atomic E-state index is -0.983. The van der Waals surface area contributed by atoms with Crippen molar-refractivity contribution in [2.45, 2.75) is 149 Å². The molecule has 0 rings (SSSR count). The Balaban J connectivity index is 3.50. The first-order valence-corrected chi connectivity index (χ1v) is 20.8. The maximum atomic E-state index is 2.84. The van der Waals surface area contributed by atoms with Gasteiger partial charge in [0.25, 0.3) is 0 Å². The van der Waals surface area contributed by atoms with E-state index < -0.39 is 16.1 Å². The van der Waals surface area contributed by atoms with Crippen LogP contribution in [0.4, 0.5) is 0 Å².